The molecule has 2 aromatic rings. The number of rotatable bonds is 5. The number of carbonyl (C=O) groups excluding carboxylic acids is 1. The molecule has 0 fully saturated rings. The third-order valence-corrected chi connectivity index (χ3v) is 3.41. The largest absolute Gasteiger partial charge is 0.398 e. The number of hydrogen-bond donors (Lipinski definition) is 3. The maximum atomic E-state index is 11.9. The molecule has 19 heavy (non-hydrogen) atoms. The molecule has 0 saturated carbocycles. The van der Waals surface area contributed by atoms with Crippen molar-refractivity contribution >= 4 is 27.5 Å². The normalized spacial score (nSPS) is 10.4. The molecule has 0 radical (unpaired) electrons. The Kier molecular flexibility index (Phi) is 4.57. The first kappa shape index (κ1) is 13.6. The summed E-state index contributed by atoms with van der Waals surface area (Å²) in [5.74, 6) is 0.820. The second-order valence-corrected chi connectivity index (χ2v) is 4.99. The number of carbonyl (C=O) groups is 1. The molecule has 6 heteroatoms. The number of nitrogens with zero attached hydrogens (tertiary/aromatic N) is 1. The van der Waals surface area contributed by atoms with Crippen molar-refractivity contribution in [3.8, 4) is 0 Å². The van der Waals surface area contributed by atoms with E-state index < -0.39 is 0 Å². The summed E-state index contributed by atoms with van der Waals surface area (Å²) in [6.45, 7) is 0.607. The van der Waals surface area contributed by atoms with Crippen molar-refractivity contribution in [3.63, 3.8) is 0 Å². The molecule has 0 saturated heterocycles. The molecule has 0 aliphatic rings. The Hall–Kier alpha value is -1.82. The van der Waals surface area contributed by atoms with Crippen LogP contribution in [0.1, 0.15) is 22.6 Å². The Bertz CT molecular complexity index is 554. The summed E-state index contributed by atoms with van der Waals surface area (Å²) in [5.41, 5.74) is 6.86. The van der Waals surface area contributed by atoms with Crippen LogP contribution in [0.5, 0.6) is 0 Å². The number of H-pyrrole nitrogens is 1. The van der Waals surface area contributed by atoms with Gasteiger partial charge < -0.3 is 16.0 Å². The van der Waals surface area contributed by atoms with E-state index in [4.69, 9.17) is 5.73 Å². The number of aromatic amines is 1. The molecule has 4 N–H and O–H groups in total. The van der Waals surface area contributed by atoms with E-state index in [0.29, 0.717) is 17.8 Å². The van der Waals surface area contributed by atoms with Crippen molar-refractivity contribution in [1.29, 1.82) is 0 Å². The van der Waals surface area contributed by atoms with Gasteiger partial charge in [-0.05, 0) is 40.5 Å². The fraction of sp³-hybridized carbons (Fsp3) is 0.231. The van der Waals surface area contributed by atoms with Crippen LogP contribution in [0.4, 0.5) is 5.69 Å². The average Bonchev–Trinajstić information content (AvgIpc) is 2.91. The molecular weight excluding hydrogens is 308 g/mol. The molecule has 0 unspecified atom stereocenters. The SMILES string of the molecule is Nc1cc(C(=O)NCCCc2ncc[nH]2)ccc1Br. The number of hydrogen-bond acceptors (Lipinski definition) is 3. The molecule has 0 spiro atoms. The molecular formula is C13H15BrN4O. The molecule has 1 heterocycles. The maximum Gasteiger partial charge on any atom is 0.251 e. The highest BCUT2D eigenvalue weighted by Gasteiger charge is 2.06. The van der Waals surface area contributed by atoms with E-state index in [1.54, 1.807) is 30.6 Å². The molecule has 0 bridgehead atoms. The Morgan fingerprint density at radius 2 is 2.32 bits per heavy atom. The van der Waals surface area contributed by atoms with Crippen LogP contribution in [0, 0.1) is 0 Å². The topological polar surface area (TPSA) is 83.8 Å². The Morgan fingerprint density at radius 3 is 3.00 bits per heavy atom. The Morgan fingerprint density at radius 1 is 1.47 bits per heavy atom. The van der Waals surface area contributed by atoms with Gasteiger partial charge in [-0.3, -0.25) is 4.79 Å². The van der Waals surface area contributed by atoms with Gasteiger partial charge >= 0.3 is 0 Å². The van der Waals surface area contributed by atoms with Gasteiger partial charge in [0.15, 0.2) is 0 Å². The number of benzene rings is 1. The fourth-order valence-corrected chi connectivity index (χ4v) is 1.93. The van der Waals surface area contributed by atoms with Gasteiger partial charge in [-0.2, -0.15) is 0 Å². The third-order valence-electron chi connectivity index (χ3n) is 2.69. The van der Waals surface area contributed by atoms with Crippen molar-refractivity contribution in [2.24, 2.45) is 0 Å². The van der Waals surface area contributed by atoms with E-state index >= 15 is 0 Å². The van der Waals surface area contributed by atoms with Crippen LogP contribution in [-0.4, -0.2) is 22.4 Å². The molecule has 1 aromatic carbocycles. The summed E-state index contributed by atoms with van der Waals surface area (Å²) in [6, 6.07) is 5.17. The van der Waals surface area contributed by atoms with Crippen LogP contribution >= 0.6 is 15.9 Å². The van der Waals surface area contributed by atoms with E-state index in [0.717, 1.165) is 23.1 Å². The number of anilines is 1. The van der Waals surface area contributed by atoms with E-state index in [1.807, 2.05) is 0 Å². The van der Waals surface area contributed by atoms with Gasteiger partial charge in [-0.25, -0.2) is 4.98 Å². The van der Waals surface area contributed by atoms with Crippen LogP contribution in [-0.2, 0) is 6.42 Å². The van der Waals surface area contributed by atoms with Crippen molar-refractivity contribution < 1.29 is 4.79 Å². The summed E-state index contributed by atoms with van der Waals surface area (Å²) in [6.07, 6.45) is 5.16. The number of nitrogens with one attached hydrogen (secondary N) is 2. The van der Waals surface area contributed by atoms with Crippen molar-refractivity contribution in [1.82, 2.24) is 15.3 Å². The standard InChI is InChI=1S/C13H15BrN4O/c14-10-4-3-9(8-11(10)15)13(19)18-5-1-2-12-16-6-7-17-12/h3-4,6-8H,1-2,5,15H2,(H,16,17)(H,18,19). The summed E-state index contributed by atoms with van der Waals surface area (Å²) < 4.78 is 0.793. The van der Waals surface area contributed by atoms with Crippen molar-refractivity contribution in [3.05, 3.63) is 46.5 Å². The lowest BCUT2D eigenvalue weighted by Gasteiger charge is -2.06. The quantitative estimate of drug-likeness (QED) is 0.582. The number of nitrogens with two attached hydrogens (primary N) is 1. The minimum atomic E-state index is -0.112. The summed E-state index contributed by atoms with van der Waals surface area (Å²) in [7, 11) is 0. The van der Waals surface area contributed by atoms with Crippen molar-refractivity contribution in [2.45, 2.75) is 12.8 Å². The van der Waals surface area contributed by atoms with Crippen LogP contribution in [0.3, 0.4) is 0 Å². The highest BCUT2D eigenvalue weighted by molar-refractivity contribution is 9.10. The zero-order chi connectivity index (χ0) is 13.7. The van der Waals surface area contributed by atoms with Gasteiger partial charge in [0.05, 0.1) is 0 Å². The molecule has 1 aromatic heterocycles. The molecule has 5 nitrogen and oxygen atoms in total. The van der Waals surface area contributed by atoms with Crippen molar-refractivity contribution in [2.75, 3.05) is 12.3 Å². The van der Waals surface area contributed by atoms with E-state index in [2.05, 4.69) is 31.2 Å². The van der Waals surface area contributed by atoms with E-state index in [-0.39, 0.29) is 5.91 Å². The second kappa shape index (κ2) is 6.38. The Balaban J connectivity index is 1.79. The number of amides is 1. The Labute approximate surface area is 119 Å². The molecule has 1 amide bonds. The van der Waals surface area contributed by atoms with Crippen LogP contribution < -0.4 is 11.1 Å². The lowest BCUT2D eigenvalue weighted by molar-refractivity contribution is 0.0953. The van der Waals surface area contributed by atoms with E-state index in [9.17, 15) is 4.79 Å². The molecule has 2 rings (SSSR count). The summed E-state index contributed by atoms with van der Waals surface area (Å²) in [4.78, 5) is 19.0. The first-order valence-corrected chi connectivity index (χ1v) is 6.77. The summed E-state index contributed by atoms with van der Waals surface area (Å²) >= 11 is 3.30. The smallest absolute Gasteiger partial charge is 0.251 e. The van der Waals surface area contributed by atoms with Gasteiger partial charge in [-0.1, -0.05) is 0 Å². The van der Waals surface area contributed by atoms with Crippen LogP contribution in [0.15, 0.2) is 35.1 Å². The second-order valence-electron chi connectivity index (χ2n) is 4.13. The number of aryl methyl sites for hydroxylation is 1. The molecule has 0 atom stereocenters. The predicted octanol–water partition coefficient (Wildman–Crippen LogP) is 2.12. The van der Waals surface area contributed by atoms with Gasteiger partial charge in [0.1, 0.15) is 5.82 Å². The summed E-state index contributed by atoms with van der Waals surface area (Å²) in [5, 5.41) is 2.86. The van der Waals surface area contributed by atoms with Gasteiger partial charge in [-0.15, -0.1) is 0 Å². The molecule has 0 aliphatic heterocycles. The monoisotopic (exact) mass is 322 g/mol. The molecule has 0 aliphatic carbocycles. The van der Waals surface area contributed by atoms with E-state index in [1.165, 1.54) is 0 Å². The third kappa shape index (κ3) is 3.82. The number of imidazole rings is 1. The number of aromatic nitrogens is 2. The predicted molar refractivity (Wildman–Crippen MR) is 77.8 cm³/mol. The minimum Gasteiger partial charge on any atom is -0.398 e. The number of halogens is 1. The van der Waals surface area contributed by atoms with Gasteiger partial charge in [0.25, 0.3) is 5.91 Å². The minimum absolute atomic E-state index is 0.112. The van der Waals surface area contributed by atoms with Crippen LogP contribution in [0.25, 0.3) is 0 Å². The highest BCUT2D eigenvalue weighted by Crippen LogP contribution is 2.20. The van der Waals surface area contributed by atoms with Gasteiger partial charge in [0, 0.05) is 41.1 Å². The zero-order valence-corrected chi connectivity index (χ0v) is 11.9. The fourth-order valence-electron chi connectivity index (χ4n) is 1.68. The zero-order valence-electron chi connectivity index (χ0n) is 10.3. The van der Waals surface area contributed by atoms with Gasteiger partial charge in [0.2, 0.25) is 0 Å². The molecule has 100 valence electrons. The lowest BCUT2D eigenvalue weighted by Crippen LogP contribution is -2.24. The first-order chi connectivity index (χ1) is 9.16. The highest BCUT2D eigenvalue weighted by atomic mass is 79.9. The average molecular weight is 323 g/mol. The lowest BCUT2D eigenvalue weighted by atomic mass is 10.2. The van der Waals surface area contributed by atoms with Crippen LogP contribution in [0.2, 0.25) is 0 Å². The maximum absolute atomic E-state index is 11.9. The first-order valence-electron chi connectivity index (χ1n) is 5.98. The number of nitrogen functional groups attached to an aromatic ring is 1.